The van der Waals surface area contributed by atoms with Gasteiger partial charge in [0, 0.05) is 31.7 Å². The van der Waals surface area contributed by atoms with Crippen LogP contribution in [0.25, 0.3) is 0 Å². The van der Waals surface area contributed by atoms with Gasteiger partial charge in [-0.3, -0.25) is 4.79 Å². The van der Waals surface area contributed by atoms with Gasteiger partial charge in [0.25, 0.3) is 5.91 Å². The number of benzene rings is 1. The van der Waals surface area contributed by atoms with Crippen molar-refractivity contribution in [2.24, 2.45) is 0 Å². The SMILES string of the molecule is Cc1ccc(C)c(C(=O)N(C)CCN(C)C2CCCCC2)c1. The quantitative estimate of drug-likeness (QED) is 0.829. The van der Waals surface area contributed by atoms with Crippen molar-refractivity contribution in [3.8, 4) is 0 Å². The predicted molar refractivity (Wildman–Crippen MR) is 92.4 cm³/mol. The molecule has 0 unspecified atom stereocenters. The van der Waals surface area contributed by atoms with E-state index in [0.29, 0.717) is 6.04 Å². The normalized spacial score (nSPS) is 16.0. The lowest BCUT2D eigenvalue weighted by Crippen LogP contribution is -2.40. The molecule has 22 heavy (non-hydrogen) atoms. The van der Waals surface area contributed by atoms with E-state index in [-0.39, 0.29) is 5.91 Å². The number of hydrogen-bond acceptors (Lipinski definition) is 2. The third-order valence-electron chi connectivity index (χ3n) is 4.96. The minimum atomic E-state index is 0.137. The van der Waals surface area contributed by atoms with Gasteiger partial charge in [0.2, 0.25) is 0 Å². The first kappa shape index (κ1) is 17.0. The van der Waals surface area contributed by atoms with Crippen LogP contribution >= 0.6 is 0 Å². The molecule has 0 heterocycles. The monoisotopic (exact) mass is 302 g/mol. The number of rotatable bonds is 5. The van der Waals surface area contributed by atoms with Crippen LogP contribution in [0.2, 0.25) is 0 Å². The smallest absolute Gasteiger partial charge is 0.253 e. The average Bonchev–Trinajstić information content (AvgIpc) is 2.54. The topological polar surface area (TPSA) is 23.6 Å². The van der Waals surface area contributed by atoms with Crippen LogP contribution in [0, 0.1) is 13.8 Å². The van der Waals surface area contributed by atoms with Gasteiger partial charge in [0.1, 0.15) is 0 Å². The highest BCUT2D eigenvalue weighted by molar-refractivity contribution is 5.95. The van der Waals surface area contributed by atoms with Crippen LogP contribution < -0.4 is 0 Å². The minimum Gasteiger partial charge on any atom is -0.340 e. The van der Waals surface area contributed by atoms with Gasteiger partial charge in [0.05, 0.1) is 0 Å². The Morgan fingerprint density at radius 3 is 2.45 bits per heavy atom. The van der Waals surface area contributed by atoms with Crippen molar-refractivity contribution in [1.29, 1.82) is 0 Å². The molecule has 0 radical (unpaired) electrons. The van der Waals surface area contributed by atoms with Crippen molar-refractivity contribution < 1.29 is 4.79 Å². The van der Waals surface area contributed by atoms with Crippen molar-refractivity contribution in [2.75, 3.05) is 27.2 Å². The summed E-state index contributed by atoms with van der Waals surface area (Å²) >= 11 is 0. The van der Waals surface area contributed by atoms with Gasteiger partial charge >= 0.3 is 0 Å². The molecule has 1 saturated carbocycles. The zero-order valence-corrected chi connectivity index (χ0v) is 14.6. The van der Waals surface area contributed by atoms with Crippen LogP contribution in [-0.2, 0) is 0 Å². The van der Waals surface area contributed by atoms with Gasteiger partial charge in [-0.2, -0.15) is 0 Å². The summed E-state index contributed by atoms with van der Waals surface area (Å²) in [5, 5.41) is 0. The second kappa shape index (κ2) is 7.77. The van der Waals surface area contributed by atoms with Gasteiger partial charge in [0.15, 0.2) is 0 Å². The number of nitrogens with zero attached hydrogens (tertiary/aromatic N) is 2. The Bertz CT molecular complexity index is 506. The van der Waals surface area contributed by atoms with E-state index >= 15 is 0 Å². The molecule has 1 aliphatic carbocycles. The largest absolute Gasteiger partial charge is 0.340 e. The maximum atomic E-state index is 12.6. The Morgan fingerprint density at radius 1 is 1.09 bits per heavy atom. The van der Waals surface area contributed by atoms with Gasteiger partial charge < -0.3 is 9.80 Å². The number of carbonyl (C=O) groups is 1. The van der Waals surface area contributed by atoms with E-state index in [9.17, 15) is 4.79 Å². The molecule has 0 bridgehead atoms. The summed E-state index contributed by atoms with van der Waals surface area (Å²) in [5.41, 5.74) is 3.03. The highest BCUT2D eigenvalue weighted by Gasteiger charge is 2.19. The van der Waals surface area contributed by atoms with Crippen molar-refractivity contribution in [2.45, 2.75) is 52.0 Å². The van der Waals surface area contributed by atoms with E-state index in [2.05, 4.69) is 18.0 Å². The zero-order chi connectivity index (χ0) is 16.1. The van der Waals surface area contributed by atoms with Crippen LogP contribution in [0.5, 0.6) is 0 Å². The molecule has 0 aliphatic heterocycles. The number of likely N-dealkylation sites (N-methyl/N-ethyl adjacent to an activating group) is 2. The highest BCUT2D eigenvalue weighted by Crippen LogP contribution is 2.21. The summed E-state index contributed by atoms with van der Waals surface area (Å²) in [6.07, 6.45) is 6.71. The summed E-state index contributed by atoms with van der Waals surface area (Å²) in [6.45, 7) is 5.79. The molecule has 1 aromatic carbocycles. The molecule has 0 N–H and O–H groups in total. The number of amides is 1. The summed E-state index contributed by atoms with van der Waals surface area (Å²) in [4.78, 5) is 16.9. The first-order valence-corrected chi connectivity index (χ1v) is 8.52. The van der Waals surface area contributed by atoms with Gasteiger partial charge in [-0.05, 0) is 45.4 Å². The van der Waals surface area contributed by atoms with Crippen molar-refractivity contribution >= 4 is 5.91 Å². The van der Waals surface area contributed by atoms with E-state index in [1.165, 1.54) is 32.1 Å². The average molecular weight is 302 g/mol. The second-order valence-corrected chi connectivity index (χ2v) is 6.82. The number of aryl methyl sites for hydroxylation is 2. The van der Waals surface area contributed by atoms with Gasteiger partial charge in [-0.25, -0.2) is 0 Å². The summed E-state index contributed by atoms with van der Waals surface area (Å²) in [5.74, 6) is 0.137. The van der Waals surface area contributed by atoms with Crippen molar-refractivity contribution in [1.82, 2.24) is 9.80 Å². The van der Waals surface area contributed by atoms with Crippen LogP contribution in [0.1, 0.15) is 53.6 Å². The number of carbonyl (C=O) groups excluding carboxylic acids is 1. The van der Waals surface area contributed by atoms with Crippen LogP contribution in [0.4, 0.5) is 0 Å². The first-order chi connectivity index (χ1) is 10.5. The predicted octanol–water partition coefficient (Wildman–Crippen LogP) is 3.64. The molecule has 0 spiro atoms. The molecule has 0 atom stereocenters. The number of hydrogen-bond donors (Lipinski definition) is 0. The lowest BCUT2D eigenvalue weighted by atomic mass is 9.94. The fraction of sp³-hybridized carbons (Fsp3) is 0.632. The molecule has 122 valence electrons. The van der Waals surface area contributed by atoms with E-state index in [1.807, 2.05) is 37.9 Å². The maximum absolute atomic E-state index is 12.6. The Hall–Kier alpha value is -1.35. The molecule has 1 aliphatic rings. The highest BCUT2D eigenvalue weighted by atomic mass is 16.2. The molecular formula is C19H30N2O. The minimum absolute atomic E-state index is 0.137. The Kier molecular flexibility index (Phi) is 6.01. The summed E-state index contributed by atoms with van der Waals surface area (Å²) in [6, 6.07) is 6.80. The third-order valence-corrected chi connectivity index (χ3v) is 4.96. The molecule has 0 saturated heterocycles. The van der Waals surface area contributed by atoms with Crippen LogP contribution in [0.3, 0.4) is 0 Å². The van der Waals surface area contributed by atoms with Gasteiger partial charge in [-0.15, -0.1) is 0 Å². The molecular weight excluding hydrogens is 272 g/mol. The lowest BCUT2D eigenvalue weighted by molar-refractivity contribution is 0.0767. The van der Waals surface area contributed by atoms with E-state index < -0.39 is 0 Å². The fourth-order valence-electron chi connectivity index (χ4n) is 3.29. The van der Waals surface area contributed by atoms with Crippen LogP contribution in [-0.4, -0.2) is 48.9 Å². The molecule has 0 aromatic heterocycles. The molecule has 1 amide bonds. The fourth-order valence-corrected chi connectivity index (χ4v) is 3.29. The molecule has 3 heteroatoms. The first-order valence-electron chi connectivity index (χ1n) is 8.52. The Labute approximate surface area is 135 Å². The molecule has 1 aromatic rings. The van der Waals surface area contributed by atoms with E-state index in [4.69, 9.17) is 0 Å². The van der Waals surface area contributed by atoms with Crippen molar-refractivity contribution in [3.05, 3.63) is 34.9 Å². The Balaban J connectivity index is 1.89. The summed E-state index contributed by atoms with van der Waals surface area (Å²) in [7, 11) is 4.12. The van der Waals surface area contributed by atoms with Crippen LogP contribution in [0.15, 0.2) is 18.2 Å². The van der Waals surface area contributed by atoms with Gasteiger partial charge in [-0.1, -0.05) is 37.0 Å². The van der Waals surface area contributed by atoms with E-state index in [0.717, 1.165) is 29.8 Å². The molecule has 2 rings (SSSR count). The zero-order valence-electron chi connectivity index (χ0n) is 14.6. The molecule has 3 nitrogen and oxygen atoms in total. The Morgan fingerprint density at radius 2 is 1.77 bits per heavy atom. The van der Waals surface area contributed by atoms with Crippen molar-refractivity contribution in [3.63, 3.8) is 0 Å². The third kappa shape index (κ3) is 4.33. The lowest BCUT2D eigenvalue weighted by Gasteiger charge is -2.32. The molecule has 1 fully saturated rings. The standard InChI is InChI=1S/C19H30N2O/c1-15-10-11-16(2)18(14-15)19(22)21(4)13-12-20(3)17-8-6-5-7-9-17/h10-11,14,17H,5-9,12-13H2,1-4H3. The second-order valence-electron chi connectivity index (χ2n) is 6.82. The summed E-state index contributed by atoms with van der Waals surface area (Å²) < 4.78 is 0. The maximum Gasteiger partial charge on any atom is 0.253 e. The van der Waals surface area contributed by atoms with E-state index in [1.54, 1.807) is 0 Å².